The van der Waals surface area contributed by atoms with Crippen LogP contribution >= 0.6 is 0 Å². The lowest BCUT2D eigenvalue weighted by Crippen LogP contribution is -2.46. The van der Waals surface area contributed by atoms with Crippen molar-refractivity contribution < 1.29 is 23.9 Å². The molecule has 4 rings (SSSR count). The number of hydrogen-bond acceptors (Lipinski definition) is 6. The van der Waals surface area contributed by atoms with Gasteiger partial charge in [-0.25, -0.2) is 4.79 Å². The van der Waals surface area contributed by atoms with Gasteiger partial charge < -0.3 is 25.0 Å². The first-order chi connectivity index (χ1) is 17.7. The second kappa shape index (κ2) is 11.1. The van der Waals surface area contributed by atoms with Crippen molar-refractivity contribution in [2.75, 3.05) is 26.8 Å². The fraction of sp³-hybridized carbons (Fsp3) is 0.414. The van der Waals surface area contributed by atoms with Gasteiger partial charge in [0.25, 0.3) is 5.91 Å². The largest absolute Gasteiger partial charge is 0.497 e. The van der Waals surface area contributed by atoms with Crippen LogP contribution in [0.3, 0.4) is 0 Å². The first-order valence-electron chi connectivity index (χ1n) is 12.7. The Bertz CT molecular complexity index is 1210. The number of piperidine rings is 1. The van der Waals surface area contributed by atoms with Gasteiger partial charge in [-0.05, 0) is 69.9 Å². The Morgan fingerprint density at radius 3 is 2.54 bits per heavy atom. The Labute approximate surface area is 218 Å². The highest BCUT2D eigenvalue weighted by Gasteiger charge is 2.29. The number of hydrogen-bond donors (Lipinski definition) is 2. The van der Waals surface area contributed by atoms with Crippen LogP contribution in [0.15, 0.2) is 48.5 Å². The predicted octanol–water partition coefficient (Wildman–Crippen LogP) is 4.19. The van der Waals surface area contributed by atoms with Crippen LogP contribution in [0.4, 0.5) is 4.79 Å². The van der Waals surface area contributed by atoms with Crippen molar-refractivity contribution in [2.45, 2.75) is 51.6 Å². The lowest BCUT2D eigenvalue weighted by Gasteiger charge is -2.35. The van der Waals surface area contributed by atoms with Crippen LogP contribution in [-0.2, 0) is 11.2 Å². The van der Waals surface area contributed by atoms with E-state index in [0.717, 1.165) is 29.0 Å². The second-order valence-corrected chi connectivity index (χ2v) is 10.1. The van der Waals surface area contributed by atoms with Crippen LogP contribution in [0.2, 0.25) is 0 Å². The van der Waals surface area contributed by atoms with Gasteiger partial charge in [0.2, 0.25) is 0 Å². The Morgan fingerprint density at radius 2 is 1.84 bits per heavy atom. The van der Waals surface area contributed by atoms with E-state index in [4.69, 9.17) is 9.47 Å². The van der Waals surface area contributed by atoms with E-state index in [0.29, 0.717) is 43.7 Å². The van der Waals surface area contributed by atoms with Gasteiger partial charge in [0.05, 0.1) is 13.7 Å². The molecule has 1 fully saturated rings. The zero-order valence-corrected chi connectivity index (χ0v) is 21.9. The summed E-state index contributed by atoms with van der Waals surface area (Å²) in [5, 5.41) is 6.52. The number of likely N-dealkylation sites (tertiary alicyclic amines) is 1. The normalized spacial score (nSPS) is 17.9. The van der Waals surface area contributed by atoms with Crippen molar-refractivity contribution in [3.8, 4) is 5.75 Å². The molecule has 2 aromatic rings. The molecule has 2 heterocycles. The Hall–Kier alpha value is -3.81. The van der Waals surface area contributed by atoms with Crippen LogP contribution in [0, 0.1) is 0 Å². The first kappa shape index (κ1) is 26.3. The maximum absolute atomic E-state index is 13.3. The summed E-state index contributed by atoms with van der Waals surface area (Å²) in [4.78, 5) is 39.8. The molecule has 2 aromatic carbocycles. The Balaban J connectivity index is 1.46. The predicted molar refractivity (Wildman–Crippen MR) is 142 cm³/mol. The average molecular weight is 506 g/mol. The molecule has 2 amide bonds. The van der Waals surface area contributed by atoms with Crippen molar-refractivity contribution in [3.63, 3.8) is 0 Å². The highest BCUT2D eigenvalue weighted by atomic mass is 16.6. The minimum atomic E-state index is -0.315. The van der Waals surface area contributed by atoms with Gasteiger partial charge in [-0.2, -0.15) is 0 Å². The molecule has 0 spiro atoms. The quantitative estimate of drug-likeness (QED) is 0.451. The lowest BCUT2D eigenvalue weighted by molar-refractivity contribution is 0.0860. The molecule has 1 saturated heterocycles. The molecule has 2 N–H and O–H groups in total. The van der Waals surface area contributed by atoms with Crippen LogP contribution in [0.25, 0.3) is 5.70 Å². The zero-order chi connectivity index (χ0) is 26.6. The molecule has 0 aromatic heterocycles. The summed E-state index contributed by atoms with van der Waals surface area (Å²) in [6, 6.07) is 12.6. The number of carbonyl (C=O) groups excluding carboxylic acids is 3. The molecular weight excluding hydrogens is 470 g/mol. The summed E-state index contributed by atoms with van der Waals surface area (Å²) in [5.74, 6) is 0.306. The maximum atomic E-state index is 13.3. The van der Waals surface area contributed by atoms with E-state index in [1.165, 1.54) is 0 Å². The number of nitrogens with one attached hydrogen (secondary N) is 2. The number of rotatable bonds is 6. The van der Waals surface area contributed by atoms with Crippen LogP contribution < -0.4 is 15.4 Å². The SMILES string of the molecule is CCOC(=O)N1CCC(NC(=O)c2cccc(C(=O)/C=C3\NC(C)(C)Cc4ccc(OC)cc43)c2)CC1. The van der Waals surface area contributed by atoms with Gasteiger partial charge >= 0.3 is 6.09 Å². The summed E-state index contributed by atoms with van der Waals surface area (Å²) in [6.07, 6.45) is 3.41. The van der Waals surface area contributed by atoms with Crippen molar-refractivity contribution >= 4 is 23.5 Å². The van der Waals surface area contributed by atoms with E-state index >= 15 is 0 Å². The number of allylic oxidation sites excluding steroid dienone is 1. The Morgan fingerprint density at radius 1 is 1.11 bits per heavy atom. The minimum absolute atomic E-state index is 0.0418. The fourth-order valence-corrected chi connectivity index (χ4v) is 4.87. The van der Waals surface area contributed by atoms with E-state index < -0.39 is 0 Å². The lowest BCUT2D eigenvalue weighted by atomic mass is 9.85. The molecule has 2 aliphatic rings. The van der Waals surface area contributed by atoms with Crippen LogP contribution in [0.5, 0.6) is 5.75 Å². The number of nitrogens with zero attached hydrogens (tertiary/aromatic N) is 1. The minimum Gasteiger partial charge on any atom is -0.497 e. The molecule has 0 bridgehead atoms. The van der Waals surface area contributed by atoms with Gasteiger partial charge in [-0.3, -0.25) is 9.59 Å². The van der Waals surface area contributed by atoms with E-state index in [9.17, 15) is 14.4 Å². The maximum Gasteiger partial charge on any atom is 0.409 e. The number of methoxy groups -OCH3 is 1. The van der Waals surface area contributed by atoms with Gasteiger partial charge in [-0.1, -0.05) is 18.2 Å². The third-order valence-electron chi connectivity index (χ3n) is 6.75. The molecular formula is C29H35N3O5. The molecule has 0 unspecified atom stereocenters. The van der Waals surface area contributed by atoms with Gasteiger partial charge in [0.1, 0.15) is 5.75 Å². The standard InChI is InChI=1S/C29H35N3O5/c1-5-37-28(35)32-13-11-22(12-14-32)30-27(34)20-8-6-7-19(15-20)26(33)17-25-24-16-23(36-4)10-9-21(24)18-29(2,3)31-25/h6-10,15-17,22,31H,5,11-14,18H2,1-4H3,(H,30,34)/b25-17-. The van der Waals surface area contributed by atoms with E-state index in [1.54, 1.807) is 49.3 Å². The summed E-state index contributed by atoms with van der Waals surface area (Å²) in [7, 11) is 1.62. The molecule has 0 radical (unpaired) electrons. The average Bonchev–Trinajstić information content (AvgIpc) is 2.88. The van der Waals surface area contributed by atoms with Gasteiger partial charge in [-0.15, -0.1) is 0 Å². The number of ether oxygens (including phenoxy) is 2. The summed E-state index contributed by atoms with van der Waals surface area (Å²) in [6.45, 7) is 7.39. The molecule has 8 heteroatoms. The summed E-state index contributed by atoms with van der Waals surface area (Å²) in [5.41, 5.74) is 3.47. The zero-order valence-electron chi connectivity index (χ0n) is 21.9. The van der Waals surface area contributed by atoms with Crippen molar-refractivity contribution in [1.29, 1.82) is 0 Å². The number of amides is 2. The van der Waals surface area contributed by atoms with E-state index in [2.05, 4.69) is 24.5 Å². The molecule has 0 aliphatic carbocycles. The number of carbonyl (C=O) groups is 3. The second-order valence-electron chi connectivity index (χ2n) is 10.1. The monoisotopic (exact) mass is 505 g/mol. The molecule has 0 atom stereocenters. The molecule has 37 heavy (non-hydrogen) atoms. The number of fused-ring (bicyclic) bond motifs is 1. The highest BCUT2D eigenvalue weighted by Crippen LogP contribution is 2.32. The first-order valence-corrected chi connectivity index (χ1v) is 12.7. The van der Waals surface area contributed by atoms with E-state index in [-0.39, 0.29) is 29.4 Å². The molecule has 0 saturated carbocycles. The fourth-order valence-electron chi connectivity index (χ4n) is 4.87. The van der Waals surface area contributed by atoms with Crippen molar-refractivity contribution in [2.24, 2.45) is 0 Å². The van der Waals surface area contributed by atoms with Gasteiger partial charge in [0, 0.05) is 53.1 Å². The van der Waals surface area contributed by atoms with Crippen LogP contribution in [0.1, 0.15) is 65.5 Å². The molecule has 8 nitrogen and oxygen atoms in total. The van der Waals surface area contributed by atoms with Crippen molar-refractivity contribution in [1.82, 2.24) is 15.5 Å². The molecule has 2 aliphatic heterocycles. The van der Waals surface area contributed by atoms with E-state index in [1.807, 2.05) is 18.2 Å². The highest BCUT2D eigenvalue weighted by molar-refractivity contribution is 6.10. The number of benzene rings is 2. The number of ketones is 1. The topological polar surface area (TPSA) is 97.0 Å². The van der Waals surface area contributed by atoms with Crippen LogP contribution in [-0.4, -0.2) is 61.1 Å². The summed E-state index contributed by atoms with van der Waals surface area (Å²) >= 11 is 0. The molecule has 196 valence electrons. The smallest absolute Gasteiger partial charge is 0.409 e. The van der Waals surface area contributed by atoms with Gasteiger partial charge in [0.15, 0.2) is 5.78 Å². The Kier molecular flexibility index (Phi) is 7.86. The third kappa shape index (κ3) is 6.31. The van der Waals surface area contributed by atoms with Crippen molar-refractivity contribution in [3.05, 3.63) is 70.8 Å². The third-order valence-corrected chi connectivity index (χ3v) is 6.75. The summed E-state index contributed by atoms with van der Waals surface area (Å²) < 4.78 is 10.4.